The average molecular weight is 493 g/mol. The Balaban J connectivity index is 1.80. The first-order valence-electron chi connectivity index (χ1n) is 12.4. The number of para-hydroxylation sites is 2. The van der Waals surface area contributed by atoms with Crippen molar-refractivity contribution in [1.29, 1.82) is 0 Å². The van der Waals surface area contributed by atoms with E-state index in [1.54, 1.807) is 18.7 Å². The molecule has 0 aliphatic carbocycles. The number of hydrogen-bond donors (Lipinski definition) is 1. The number of anilines is 1. The highest BCUT2D eigenvalue weighted by Crippen LogP contribution is 2.45. The largest absolute Gasteiger partial charge is 0.494 e. The third-order valence-corrected chi connectivity index (χ3v) is 7.25. The Bertz CT molecular complexity index is 1790. The van der Waals surface area contributed by atoms with E-state index >= 15 is 0 Å². The Morgan fingerprint density at radius 1 is 0.892 bits per heavy atom. The molecule has 7 heteroatoms. The molecule has 0 saturated carbocycles. The van der Waals surface area contributed by atoms with Crippen LogP contribution < -0.4 is 21.3 Å². The summed E-state index contributed by atoms with van der Waals surface area (Å²) in [4.78, 5) is 27.0. The number of rotatable bonds is 4. The molecule has 7 nitrogen and oxygen atoms in total. The molecular weight excluding hydrogens is 464 g/mol. The second-order valence-corrected chi connectivity index (χ2v) is 9.41. The van der Waals surface area contributed by atoms with Gasteiger partial charge in [0.2, 0.25) is 0 Å². The summed E-state index contributed by atoms with van der Waals surface area (Å²) in [6, 6.07) is 23.8. The fourth-order valence-electron chi connectivity index (χ4n) is 5.48. The molecule has 3 heterocycles. The van der Waals surface area contributed by atoms with Crippen molar-refractivity contribution in [3.63, 3.8) is 0 Å². The molecule has 37 heavy (non-hydrogen) atoms. The molecule has 0 unspecified atom stereocenters. The van der Waals surface area contributed by atoms with Gasteiger partial charge >= 0.3 is 5.69 Å². The van der Waals surface area contributed by atoms with E-state index in [2.05, 4.69) is 9.88 Å². The first-order valence-corrected chi connectivity index (χ1v) is 12.4. The van der Waals surface area contributed by atoms with Crippen molar-refractivity contribution in [2.45, 2.75) is 19.9 Å². The lowest BCUT2D eigenvalue weighted by Gasteiger charge is -2.31. The monoisotopic (exact) mass is 492 g/mol. The number of aromatic nitrogens is 3. The first-order chi connectivity index (χ1) is 17.9. The van der Waals surface area contributed by atoms with Crippen molar-refractivity contribution in [1.82, 2.24) is 13.7 Å². The standard InChI is InChI=1S/C30H28N4O3/c1-5-37-20-16-14-19(15-17-20)25-28-27-24(29(35)33(4)30(36)32(27)3)26(21-11-7-6-10-18(21)2)34(28)23-13-9-8-12-22(23)31-25/h6-17,25,31H,5H2,1-4H3/t25-/m0/s1. The molecule has 1 aliphatic rings. The van der Waals surface area contributed by atoms with Crippen LogP contribution in [0, 0.1) is 6.92 Å². The molecule has 1 N–H and O–H groups in total. The Morgan fingerprint density at radius 2 is 1.59 bits per heavy atom. The predicted octanol–water partition coefficient (Wildman–Crippen LogP) is 4.92. The van der Waals surface area contributed by atoms with Gasteiger partial charge in [-0.25, -0.2) is 4.79 Å². The van der Waals surface area contributed by atoms with E-state index in [1.165, 1.54) is 4.57 Å². The summed E-state index contributed by atoms with van der Waals surface area (Å²) in [5.41, 5.74) is 6.51. The maximum atomic E-state index is 13.8. The summed E-state index contributed by atoms with van der Waals surface area (Å²) in [6.45, 7) is 4.60. The fourth-order valence-corrected chi connectivity index (χ4v) is 5.48. The maximum absolute atomic E-state index is 13.8. The Kier molecular flexibility index (Phi) is 5.30. The third kappa shape index (κ3) is 3.34. The highest BCUT2D eigenvalue weighted by Gasteiger charge is 2.35. The number of fused-ring (bicyclic) bond motifs is 5. The van der Waals surface area contributed by atoms with E-state index in [-0.39, 0.29) is 17.3 Å². The van der Waals surface area contributed by atoms with Gasteiger partial charge in [0, 0.05) is 19.7 Å². The maximum Gasteiger partial charge on any atom is 0.331 e. The summed E-state index contributed by atoms with van der Waals surface area (Å²) in [6.07, 6.45) is 0. The lowest BCUT2D eigenvalue weighted by molar-refractivity contribution is 0.340. The third-order valence-electron chi connectivity index (χ3n) is 7.25. The van der Waals surface area contributed by atoms with Gasteiger partial charge in [-0.1, -0.05) is 48.5 Å². The van der Waals surface area contributed by atoms with E-state index in [9.17, 15) is 9.59 Å². The highest BCUT2D eigenvalue weighted by atomic mass is 16.5. The van der Waals surface area contributed by atoms with Crippen LogP contribution in [0.3, 0.4) is 0 Å². The first kappa shape index (κ1) is 22.9. The number of benzene rings is 3. The second kappa shape index (κ2) is 8.55. The molecule has 3 aromatic carbocycles. The average Bonchev–Trinajstić information content (AvgIpc) is 3.27. The molecule has 0 amide bonds. The Hall–Kier alpha value is -4.52. The van der Waals surface area contributed by atoms with Crippen LogP contribution in [-0.2, 0) is 14.1 Å². The minimum atomic E-state index is -0.355. The molecule has 6 rings (SSSR count). The van der Waals surface area contributed by atoms with E-state index in [1.807, 2.05) is 86.6 Å². The molecule has 0 fully saturated rings. The normalized spacial score (nSPS) is 14.2. The molecule has 0 saturated heterocycles. The van der Waals surface area contributed by atoms with Crippen molar-refractivity contribution >= 4 is 16.6 Å². The predicted molar refractivity (Wildman–Crippen MR) is 147 cm³/mol. The van der Waals surface area contributed by atoms with Crippen LogP contribution in [0.2, 0.25) is 0 Å². The van der Waals surface area contributed by atoms with Crippen molar-refractivity contribution < 1.29 is 4.74 Å². The summed E-state index contributed by atoms with van der Waals surface area (Å²) < 4.78 is 10.6. The van der Waals surface area contributed by atoms with Crippen LogP contribution in [0.15, 0.2) is 82.4 Å². The van der Waals surface area contributed by atoms with Gasteiger partial charge in [-0.2, -0.15) is 0 Å². The van der Waals surface area contributed by atoms with Gasteiger partial charge in [-0.05, 0) is 49.2 Å². The fraction of sp³-hybridized carbons (Fsp3) is 0.200. The van der Waals surface area contributed by atoms with Crippen LogP contribution in [-0.4, -0.2) is 20.3 Å². The molecular formula is C30H28N4O3. The Labute approximate surface area is 214 Å². The second-order valence-electron chi connectivity index (χ2n) is 9.41. The van der Waals surface area contributed by atoms with Gasteiger partial charge in [-0.15, -0.1) is 0 Å². The SMILES string of the molecule is CCOc1ccc([C@@H]2Nc3ccccc3-n3c(-c4ccccc4C)c4c(=O)n(C)c(=O)n(C)c4c32)cc1. The molecule has 5 aromatic rings. The van der Waals surface area contributed by atoms with Crippen LogP contribution in [0.1, 0.15) is 29.8 Å². The van der Waals surface area contributed by atoms with E-state index in [0.717, 1.165) is 45.2 Å². The zero-order valence-corrected chi connectivity index (χ0v) is 21.3. The van der Waals surface area contributed by atoms with Crippen LogP contribution >= 0.6 is 0 Å². The van der Waals surface area contributed by atoms with Crippen LogP contribution in [0.4, 0.5) is 5.69 Å². The molecule has 0 spiro atoms. The summed E-state index contributed by atoms with van der Waals surface area (Å²) in [5, 5.41) is 4.22. The zero-order chi connectivity index (χ0) is 25.8. The van der Waals surface area contributed by atoms with E-state index in [0.29, 0.717) is 17.5 Å². The van der Waals surface area contributed by atoms with Crippen LogP contribution in [0.25, 0.3) is 27.8 Å². The number of nitrogens with zero attached hydrogens (tertiary/aromatic N) is 3. The Morgan fingerprint density at radius 3 is 2.32 bits per heavy atom. The molecule has 0 radical (unpaired) electrons. The molecule has 1 aliphatic heterocycles. The van der Waals surface area contributed by atoms with Gasteiger partial charge in [0.15, 0.2) is 0 Å². The molecule has 0 bridgehead atoms. The number of hydrogen-bond acceptors (Lipinski definition) is 4. The minimum Gasteiger partial charge on any atom is -0.494 e. The van der Waals surface area contributed by atoms with E-state index < -0.39 is 0 Å². The smallest absolute Gasteiger partial charge is 0.331 e. The summed E-state index contributed by atoms with van der Waals surface area (Å²) in [5.74, 6) is 0.796. The lowest BCUT2D eigenvalue weighted by atomic mass is 9.99. The summed E-state index contributed by atoms with van der Waals surface area (Å²) >= 11 is 0. The quantitative estimate of drug-likeness (QED) is 0.387. The van der Waals surface area contributed by atoms with Crippen molar-refractivity contribution in [2.24, 2.45) is 14.1 Å². The summed E-state index contributed by atoms with van der Waals surface area (Å²) in [7, 11) is 3.28. The zero-order valence-electron chi connectivity index (χ0n) is 21.3. The van der Waals surface area contributed by atoms with Crippen molar-refractivity contribution in [2.75, 3.05) is 11.9 Å². The van der Waals surface area contributed by atoms with Gasteiger partial charge in [0.25, 0.3) is 5.56 Å². The number of ether oxygens (including phenoxy) is 1. The van der Waals surface area contributed by atoms with Gasteiger partial charge in [0.05, 0.1) is 46.3 Å². The van der Waals surface area contributed by atoms with E-state index in [4.69, 9.17) is 4.74 Å². The molecule has 1 atom stereocenters. The molecule has 186 valence electrons. The minimum absolute atomic E-state index is 0.302. The topological polar surface area (TPSA) is 70.2 Å². The molecule has 2 aromatic heterocycles. The van der Waals surface area contributed by atoms with Crippen LogP contribution in [0.5, 0.6) is 5.75 Å². The van der Waals surface area contributed by atoms with Gasteiger partial charge in [-0.3, -0.25) is 13.9 Å². The number of aryl methyl sites for hydroxylation is 2. The highest BCUT2D eigenvalue weighted by molar-refractivity contribution is 5.99. The lowest BCUT2D eigenvalue weighted by Crippen LogP contribution is -2.37. The van der Waals surface area contributed by atoms with Crippen molar-refractivity contribution in [3.8, 4) is 22.7 Å². The van der Waals surface area contributed by atoms with Gasteiger partial charge < -0.3 is 14.6 Å². The number of nitrogens with one attached hydrogen (secondary N) is 1. The van der Waals surface area contributed by atoms with Gasteiger partial charge in [0.1, 0.15) is 5.75 Å². The van der Waals surface area contributed by atoms with Crippen molar-refractivity contribution in [3.05, 3.63) is 110 Å².